The molecule has 0 fully saturated rings. The van der Waals surface area contributed by atoms with Gasteiger partial charge >= 0.3 is 21.7 Å². The quantitative estimate of drug-likeness (QED) is 0.107. The Balaban J connectivity index is 0.000000221. The Morgan fingerprint density at radius 2 is 0.689 bits per heavy atom. The molecule has 0 atom stereocenters. The van der Waals surface area contributed by atoms with E-state index in [1.165, 1.54) is 22.3 Å². The van der Waals surface area contributed by atoms with Gasteiger partial charge in [-0.15, -0.1) is 23.7 Å². The number of para-hydroxylation sites is 3. The largest absolute Gasteiger partial charge is 4.00 e. The molecular formula is C54H61N3O3Ti. The van der Waals surface area contributed by atoms with Crippen LogP contribution in [0.3, 0.4) is 0 Å². The van der Waals surface area contributed by atoms with Crippen LogP contribution >= 0.6 is 0 Å². The van der Waals surface area contributed by atoms with E-state index >= 15 is 0 Å². The first-order chi connectivity index (χ1) is 28.6. The third kappa shape index (κ3) is 16.0. The van der Waals surface area contributed by atoms with E-state index in [1.807, 2.05) is 133 Å². The average molecular weight is 848 g/mol. The molecule has 314 valence electrons. The fourth-order valence-electron chi connectivity index (χ4n) is 6.77. The van der Waals surface area contributed by atoms with E-state index in [-0.39, 0.29) is 39.0 Å². The molecule has 0 N–H and O–H groups in total. The maximum absolute atomic E-state index is 11.8. The summed E-state index contributed by atoms with van der Waals surface area (Å²) in [7, 11) is 12.2. The van der Waals surface area contributed by atoms with Crippen LogP contribution in [-0.2, 0) is 41.4 Å². The molecule has 0 spiro atoms. The van der Waals surface area contributed by atoms with Crippen molar-refractivity contribution in [3.63, 3.8) is 0 Å². The van der Waals surface area contributed by atoms with E-state index in [2.05, 4.69) is 71.9 Å². The maximum Gasteiger partial charge on any atom is 4.00 e. The summed E-state index contributed by atoms with van der Waals surface area (Å²) < 4.78 is 0. The summed E-state index contributed by atoms with van der Waals surface area (Å²) in [4.78, 5) is 6.31. The van der Waals surface area contributed by atoms with Gasteiger partial charge in [-0.25, -0.2) is 11.6 Å². The number of allylic oxidation sites excluding steroid dienone is 4. The monoisotopic (exact) mass is 847 g/mol. The van der Waals surface area contributed by atoms with Crippen molar-refractivity contribution < 1.29 is 37.0 Å². The molecule has 0 heterocycles. The average Bonchev–Trinajstić information content (AvgIpc) is 3.77. The first kappa shape index (κ1) is 50.2. The summed E-state index contributed by atoms with van der Waals surface area (Å²) >= 11 is 0. The van der Waals surface area contributed by atoms with E-state index in [0.717, 1.165) is 59.4 Å². The zero-order chi connectivity index (χ0) is 43.7. The van der Waals surface area contributed by atoms with Gasteiger partial charge in [0.05, 0.1) is 0 Å². The molecule has 1 aliphatic carbocycles. The predicted molar refractivity (Wildman–Crippen MR) is 246 cm³/mol. The molecule has 0 amide bonds. The normalized spacial score (nSPS) is 11.7. The van der Waals surface area contributed by atoms with Crippen molar-refractivity contribution in [2.24, 2.45) is 5.41 Å². The molecule has 0 bridgehead atoms. The van der Waals surface area contributed by atoms with Crippen LogP contribution in [0.25, 0.3) is 33.4 Å². The molecule has 0 aliphatic heterocycles. The SMILES string of the molecule is CC(C)(C)C1=[C-]CC=C1.CN(C)Cc1ccccc1-c1ccccc1[O-].CN(C)Cc1ccccc1-c1ccccc1[O-].CN(C)Cc1ccccc1-c1ccccc1[O-].[Ti+4]. The molecule has 0 saturated heterocycles. The second-order valence-corrected chi connectivity index (χ2v) is 16.6. The minimum Gasteiger partial charge on any atom is -0.872 e. The molecule has 0 saturated carbocycles. The summed E-state index contributed by atoms with van der Waals surface area (Å²) in [5.41, 5.74) is 10.6. The van der Waals surface area contributed by atoms with Crippen LogP contribution in [0.15, 0.2) is 163 Å². The molecule has 61 heavy (non-hydrogen) atoms. The summed E-state index contributed by atoms with van der Waals surface area (Å²) in [6.45, 7) is 9.15. The van der Waals surface area contributed by atoms with E-state index < -0.39 is 0 Å². The maximum atomic E-state index is 11.8. The van der Waals surface area contributed by atoms with Crippen molar-refractivity contribution in [2.45, 2.75) is 46.8 Å². The van der Waals surface area contributed by atoms with Gasteiger partial charge in [0.15, 0.2) is 0 Å². The molecule has 6 nitrogen and oxygen atoms in total. The summed E-state index contributed by atoms with van der Waals surface area (Å²) in [5, 5.41) is 35.5. The standard InChI is InChI=1S/3C15H17NO.C9H13.Ti/c3*1-16(2)11-12-7-3-4-8-13(12)14-9-5-6-10-15(14)17;1-9(2,3)8-6-4-5-7-8;/h3*3-10,17H,11H2,1-2H3;4,6H,5H2,1-3H3;/q;;;-1;+4/p-3. The van der Waals surface area contributed by atoms with Gasteiger partial charge in [0.2, 0.25) is 0 Å². The van der Waals surface area contributed by atoms with Gasteiger partial charge in [0.25, 0.3) is 0 Å². The van der Waals surface area contributed by atoms with Crippen LogP contribution in [0.1, 0.15) is 43.9 Å². The molecule has 6 aromatic rings. The van der Waals surface area contributed by atoms with Crippen molar-refractivity contribution >= 4 is 0 Å². The molecule has 7 rings (SSSR count). The minimum atomic E-state index is 0. The van der Waals surface area contributed by atoms with Crippen molar-refractivity contribution in [3.8, 4) is 50.6 Å². The van der Waals surface area contributed by atoms with Crippen LogP contribution < -0.4 is 15.3 Å². The summed E-state index contributed by atoms with van der Waals surface area (Å²) in [6, 6.07) is 45.7. The smallest absolute Gasteiger partial charge is 0.872 e. The van der Waals surface area contributed by atoms with E-state index in [4.69, 9.17) is 0 Å². The molecular weight excluding hydrogens is 786 g/mol. The zero-order valence-electron chi connectivity index (χ0n) is 37.4. The molecule has 1 aliphatic rings. The van der Waals surface area contributed by atoms with Gasteiger partial charge in [0.1, 0.15) is 0 Å². The van der Waals surface area contributed by atoms with Crippen LogP contribution in [0.2, 0.25) is 0 Å². The Morgan fingerprint density at radius 3 is 0.902 bits per heavy atom. The molecule has 7 heteroatoms. The first-order valence-electron chi connectivity index (χ1n) is 20.4. The molecule has 0 radical (unpaired) electrons. The Labute approximate surface area is 381 Å². The van der Waals surface area contributed by atoms with Gasteiger partial charge < -0.3 is 30.0 Å². The first-order valence-corrected chi connectivity index (χ1v) is 20.4. The van der Waals surface area contributed by atoms with E-state index in [0.29, 0.717) is 5.41 Å². The topological polar surface area (TPSA) is 78.9 Å². The summed E-state index contributed by atoms with van der Waals surface area (Å²) in [5.74, 6) is 0.246. The number of rotatable bonds is 9. The number of nitrogens with zero attached hydrogens (tertiary/aromatic N) is 3. The van der Waals surface area contributed by atoms with E-state index in [1.54, 1.807) is 36.4 Å². The third-order valence-corrected chi connectivity index (χ3v) is 9.55. The molecule has 6 aromatic carbocycles. The Kier molecular flexibility index (Phi) is 20.5. The second kappa shape index (κ2) is 24.9. The van der Waals surface area contributed by atoms with Crippen molar-refractivity contribution in [3.05, 3.63) is 186 Å². The van der Waals surface area contributed by atoms with Gasteiger partial charge in [-0.1, -0.05) is 166 Å². The molecule has 0 unspecified atom stereocenters. The summed E-state index contributed by atoms with van der Waals surface area (Å²) in [6.07, 6.45) is 8.63. The third-order valence-electron chi connectivity index (χ3n) is 9.55. The van der Waals surface area contributed by atoms with Gasteiger partial charge in [0, 0.05) is 19.6 Å². The van der Waals surface area contributed by atoms with Crippen molar-refractivity contribution in [1.29, 1.82) is 0 Å². The van der Waals surface area contributed by atoms with Gasteiger partial charge in [-0.2, -0.15) is 6.08 Å². The van der Waals surface area contributed by atoms with Gasteiger partial charge in [-0.3, -0.25) is 6.08 Å². The number of benzene rings is 6. The van der Waals surface area contributed by atoms with Crippen LogP contribution in [0, 0.1) is 11.5 Å². The number of hydrogen-bond donors (Lipinski definition) is 0. The zero-order valence-corrected chi connectivity index (χ0v) is 39.0. The van der Waals surface area contributed by atoms with Gasteiger partial charge in [-0.05, 0) is 97.8 Å². The van der Waals surface area contributed by atoms with Crippen LogP contribution in [-0.4, -0.2) is 57.0 Å². The fourth-order valence-corrected chi connectivity index (χ4v) is 6.77. The minimum absolute atomic E-state index is 0. The van der Waals surface area contributed by atoms with E-state index in [9.17, 15) is 15.3 Å². The number of hydrogen-bond acceptors (Lipinski definition) is 6. The van der Waals surface area contributed by atoms with Crippen molar-refractivity contribution in [1.82, 2.24) is 14.7 Å². The Morgan fingerprint density at radius 1 is 0.426 bits per heavy atom. The Hall–Kier alpha value is -5.21. The van der Waals surface area contributed by atoms with Crippen LogP contribution in [0.4, 0.5) is 0 Å². The molecule has 0 aromatic heterocycles. The van der Waals surface area contributed by atoms with Crippen molar-refractivity contribution in [2.75, 3.05) is 42.3 Å². The van der Waals surface area contributed by atoms with Crippen LogP contribution in [0.5, 0.6) is 17.2 Å². The fraction of sp³-hybridized carbons (Fsp3) is 0.259. The Bertz CT molecular complexity index is 2080. The second-order valence-electron chi connectivity index (χ2n) is 16.6. The predicted octanol–water partition coefficient (Wildman–Crippen LogP) is 10.2.